The van der Waals surface area contributed by atoms with Crippen LogP contribution in [0.25, 0.3) is 0 Å². The smallest absolute Gasteiger partial charge is 0.191 e. The average molecular weight is 429 g/mol. The van der Waals surface area contributed by atoms with E-state index >= 15 is 0 Å². The van der Waals surface area contributed by atoms with Gasteiger partial charge in [-0.15, -0.1) is 24.0 Å². The molecule has 0 unspecified atom stereocenters. The lowest BCUT2D eigenvalue weighted by molar-refractivity contribution is 0.0732. The summed E-state index contributed by atoms with van der Waals surface area (Å²) in [6, 6.07) is 0. The molecule has 0 radical (unpaired) electrons. The second-order valence-corrected chi connectivity index (χ2v) is 7.85. The Morgan fingerprint density at radius 2 is 2.00 bits per heavy atom. The van der Waals surface area contributed by atoms with Crippen molar-refractivity contribution in [3.05, 3.63) is 0 Å². The lowest BCUT2D eigenvalue weighted by Gasteiger charge is -2.42. The fourth-order valence-electron chi connectivity index (χ4n) is 2.37. The predicted octanol–water partition coefficient (Wildman–Crippen LogP) is 3.12. The molecule has 0 aromatic carbocycles. The van der Waals surface area contributed by atoms with Crippen LogP contribution in [0.2, 0.25) is 0 Å². The number of nitrogens with one attached hydrogen (secondary N) is 2. The second kappa shape index (κ2) is 10.2. The van der Waals surface area contributed by atoms with E-state index in [-0.39, 0.29) is 28.7 Å². The quantitative estimate of drug-likeness (QED) is 0.354. The minimum absolute atomic E-state index is 0. The maximum absolute atomic E-state index is 5.24. The van der Waals surface area contributed by atoms with E-state index in [1.54, 1.807) is 7.11 Å². The highest BCUT2D eigenvalue weighted by Gasteiger charge is 2.36. The van der Waals surface area contributed by atoms with Gasteiger partial charge in [-0.1, -0.05) is 6.42 Å². The van der Waals surface area contributed by atoms with Gasteiger partial charge in [-0.05, 0) is 44.8 Å². The molecule has 21 heavy (non-hydrogen) atoms. The van der Waals surface area contributed by atoms with Crippen molar-refractivity contribution in [2.75, 3.05) is 40.1 Å². The summed E-state index contributed by atoms with van der Waals surface area (Å²) in [7, 11) is 3.62. The normalized spacial score (nSPS) is 17.7. The molecule has 0 amide bonds. The Balaban J connectivity index is 0.00000400. The van der Waals surface area contributed by atoms with Gasteiger partial charge in [-0.3, -0.25) is 4.99 Å². The lowest BCUT2D eigenvalue weighted by atomic mass is 9.67. The van der Waals surface area contributed by atoms with Crippen LogP contribution in [0.3, 0.4) is 0 Å². The van der Waals surface area contributed by atoms with Crippen molar-refractivity contribution in [3.63, 3.8) is 0 Å². The molecule has 6 heteroatoms. The van der Waals surface area contributed by atoms with Crippen LogP contribution in [0, 0.1) is 5.41 Å². The summed E-state index contributed by atoms with van der Waals surface area (Å²) in [5.41, 5.74) is 0.419. The zero-order valence-corrected chi connectivity index (χ0v) is 17.3. The fraction of sp³-hybridized carbons (Fsp3) is 0.933. The molecule has 1 fully saturated rings. The molecule has 1 aliphatic rings. The van der Waals surface area contributed by atoms with Gasteiger partial charge in [0, 0.05) is 38.6 Å². The summed E-state index contributed by atoms with van der Waals surface area (Å²) in [5, 5.41) is 6.92. The largest absolute Gasteiger partial charge is 0.385 e. The first-order valence-electron chi connectivity index (χ1n) is 7.45. The van der Waals surface area contributed by atoms with Gasteiger partial charge in [0.15, 0.2) is 5.96 Å². The Kier molecular flexibility index (Phi) is 10.3. The van der Waals surface area contributed by atoms with Gasteiger partial charge in [0.05, 0.1) is 0 Å². The van der Waals surface area contributed by atoms with E-state index in [1.807, 2.05) is 18.8 Å². The molecule has 126 valence electrons. The standard InChI is InChI=1S/C15H31N3OS.HI/c1-14(2,20-5)11-17-13(16-3)18-12-15(7-6-8-15)9-10-19-4;/h6-12H2,1-5H3,(H2,16,17,18);1H. The van der Waals surface area contributed by atoms with Gasteiger partial charge in [0.2, 0.25) is 0 Å². The van der Waals surface area contributed by atoms with Crippen LogP contribution in [-0.2, 0) is 4.74 Å². The minimum atomic E-state index is 0. The molecular weight excluding hydrogens is 397 g/mol. The number of ether oxygens (including phenoxy) is 1. The number of methoxy groups -OCH3 is 1. The van der Waals surface area contributed by atoms with E-state index < -0.39 is 0 Å². The Bertz CT molecular complexity index is 320. The Hall–Kier alpha value is 0.310. The van der Waals surface area contributed by atoms with Gasteiger partial charge in [-0.2, -0.15) is 11.8 Å². The van der Waals surface area contributed by atoms with Gasteiger partial charge in [0.1, 0.15) is 0 Å². The third kappa shape index (κ3) is 7.41. The van der Waals surface area contributed by atoms with Crippen LogP contribution >= 0.6 is 35.7 Å². The van der Waals surface area contributed by atoms with Gasteiger partial charge in [0.25, 0.3) is 0 Å². The summed E-state index contributed by atoms with van der Waals surface area (Å²) in [6.07, 6.45) is 7.24. The molecule has 1 saturated carbocycles. The Morgan fingerprint density at radius 1 is 1.33 bits per heavy atom. The highest BCUT2D eigenvalue weighted by Crippen LogP contribution is 2.43. The summed E-state index contributed by atoms with van der Waals surface area (Å²) < 4.78 is 5.46. The van der Waals surface area contributed by atoms with E-state index in [4.69, 9.17) is 4.74 Å². The lowest BCUT2D eigenvalue weighted by Crippen LogP contribution is -2.49. The van der Waals surface area contributed by atoms with Crippen molar-refractivity contribution in [1.82, 2.24) is 10.6 Å². The number of thioether (sulfide) groups is 1. The van der Waals surface area contributed by atoms with E-state index in [2.05, 4.69) is 35.7 Å². The number of nitrogens with zero attached hydrogens (tertiary/aromatic N) is 1. The van der Waals surface area contributed by atoms with Crippen LogP contribution in [0.15, 0.2) is 4.99 Å². The maximum Gasteiger partial charge on any atom is 0.191 e. The topological polar surface area (TPSA) is 45.7 Å². The molecule has 0 heterocycles. The average Bonchev–Trinajstić information content (AvgIpc) is 2.40. The molecule has 4 nitrogen and oxygen atoms in total. The van der Waals surface area contributed by atoms with Crippen LogP contribution in [-0.4, -0.2) is 50.8 Å². The molecule has 0 spiro atoms. The highest BCUT2D eigenvalue weighted by molar-refractivity contribution is 14.0. The molecule has 2 N–H and O–H groups in total. The molecule has 0 saturated heterocycles. The molecule has 1 aliphatic carbocycles. The molecule has 0 aromatic rings. The minimum Gasteiger partial charge on any atom is -0.385 e. The first kappa shape index (κ1) is 21.3. The van der Waals surface area contributed by atoms with Crippen LogP contribution < -0.4 is 10.6 Å². The number of guanidine groups is 1. The third-order valence-corrected chi connectivity index (χ3v) is 5.59. The van der Waals surface area contributed by atoms with Crippen molar-refractivity contribution in [2.45, 2.75) is 44.3 Å². The Labute approximate surface area is 151 Å². The summed E-state index contributed by atoms with van der Waals surface area (Å²) in [5.74, 6) is 0.913. The number of halogens is 1. The Morgan fingerprint density at radius 3 is 2.43 bits per heavy atom. The number of aliphatic imine (C=N–C) groups is 1. The van der Waals surface area contributed by atoms with Crippen LogP contribution in [0.5, 0.6) is 0 Å². The van der Waals surface area contributed by atoms with Gasteiger partial charge < -0.3 is 15.4 Å². The number of rotatable bonds is 8. The number of hydrogen-bond acceptors (Lipinski definition) is 3. The SMILES string of the molecule is CN=C(NCC1(CCOC)CCC1)NCC(C)(C)SC.I. The first-order chi connectivity index (χ1) is 9.47. The molecule has 0 bridgehead atoms. The second-order valence-electron chi connectivity index (χ2n) is 6.34. The first-order valence-corrected chi connectivity index (χ1v) is 8.68. The zero-order chi connectivity index (χ0) is 15.1. The molecule has 0 atom stereocenters. The monoisotopic (exact) mass is 429 g/mol. The van der Waals surface area contributed by atoms with Crippen molar-refractivity contribution in [2.24, 2.45) is 10.4 Å². The van der Waals surface area contributed by atoms with Crippen molar-refractivity contribution in [3.8, 4) is 0 Å². The van der Waals surface area contributed by atoms with E-state index in [0.29, 0.717) is 5.41 Å². The van der Waals surface area contributed by atoms with Crippen LogP contribution in [0.1, 0.15) is 39.5 Å². The summed E-state index contributed by atoms with van der Waals surface area (Å²) in [6.45, 7) is 7.25. The van der Waals surface area contributed by atoms with Crippen molar-refractivity contribution in [1.29, 1.82) is 0 Å². The van der Waals surface area contributed by atoms with E-state index in [1.165, 1.54) is 19.3 Å². The number of hydrogen-bond donors (Lipinski definition) is 2. The van der Waals surface area contributed by atoms with E-state index in [9.17, 15) is 0 Å². The maximum atomic E-state index is 5.24. The third-order valence-electron chi connectivity index (χ3n) is 4.34. The van der Waals surface area contributed by atoms with Gasteiger partial charge >= 0.3 is 0 Å². The molecule has 0 aromatic heterocycles. The molecule has 0 aliphatic heterocycles. The zero-order valence-electron chi connectivity index (χ0n) is 14.1. The molecular formula is C15H32IN3OS. The molecule has 1 rings (SSSR count). The van der Waals surface area contributed by atoms with E-state index in [0.717, 1.165) is 32.1 Å². The highest BCUT2D eigenvalue weighted by atomic mass is 127. The fourth-order valence-corrected chi connectivity index (χ4v) is 2.59. The van der Waals surface area contributed by atoms with Gasteiger partial charge in [-0.25, -0.2) is 0 Å². The summed E-state index contributed by atoms with van der Waals surface area (Å²) in [4.78, 5) is 4.32. The predicted molar refractivity (Wildman–Crippen MR) is 105 cm³/mol. The van der Waals surface area contributed by atoms with Crippen LogP contribution in [0.4, 0.5) is 0 Å². The van der Waals surface area contributed by atoms with Crippen molar-refractivity contribution < 1.29 is 4.74 Å². The van der Waals surface area contributed by atoms with Crippen molar-refractivity contribution >= 4 is 41.7 Å². The summed E-state index contributed by atoms with van der Waals surface area (Å²) >= 11 is 1.87.